The number of benzene rings is 3. The van der Waals surface area contributed by atoms with E-state index in [9.17, 15) is 18.0 Å². The maximum atomic E-state index is 14.0. The fraction of sp³-hybridized carbons (Fsp3) is 0.286. The minimum Gasteiger partial charge on any atom is -0.350 e. The van der Waals surface area contributed by atoms with Gasteiger partial charge in [0.1, 0.15) is 6.04 Å². The third-order valence-electron chi connectivity index (χ3n) is 7.98. The Morgan fingerprint density at radius 1 is 0.844 bits per heavy atom. The average molecular weight is 645 g/mol. The van der Waals surface area contributed by atoms with Crippen molar-refractivity contribution in [3.8, 4) is 0 Å². The van der Waals surface area contributed by atoms with Gasteiger partial charge in [-0.2, -0.15) is 4.31 Å². The van der Waals surface area contributed by atoms with Crippen LogP contribution in [0.5, 0.6) is 0 Å². The number of amides is 2. The molecule has 0 spiro atoms. The summed E-state index contributed by atoms with van der Waals surface area (Å²) >= 11 is 6.13. The molecule has 5 rings (SSSR count). The second kappa shape index (κ2) is 15.3. The molecule has 234 valence electrons. The summed E-state index contributed by atoms with van der Waals surface area (Å²) in [5, 5.41) is 3.60. The van der Waals surface area contributed by atoms with Crippen molar-refractivity contribution in [2.75, 3.05) is 13.1 Å². The Labute approximate surface area is 270 Å². The van der Waals surface area contributed by atoms with Gasteiger partial charge in [-0.15, -0.1) is 0 Å². The number of carbonyl (C=O) groups is 2. The highest BCUT2D eigenvalue weighted by Crippen LogP contribution is 2.22. The van der Waals surface area contributed by atoms with Gasteiger partial charge in [0.2, 0.25) is 21.8 Å². The van der Waals surface area contributed by atoms with Crippen molar-refractivity contribution >= 4 is 33.4 Å². The number of nitrogens with one attached hydrogen (secondary N) is 1. The lowest BCUT2D eigenvalue weighted by Crippen LogP contribution is -2.50. The minimum atomic E-state index is -3.51. The van der Waals surface area contributed by atoms with Crippen molar-refractivity contribution in [3.63, 3.8) is 0 Å². The first-order valence-electron chi connectivity index (χ1n) is 15.1. The van der Waals surface area contributed by atoms with Gasteiger partial charge in [-0.3, -0.25) is 14.6 Å². The van der Waals surface area contributed by atoms with Crippen LogP contribution in [0.15, 0.2) is 108 Å². The van der Waals surface area contributed by atoms with Gasteiger partial charge in [-0.05, 0) is 71.8 Å². The summed E-state index contributed by atoms with van der Waals surface area (Å²) in [7, 11) is -3.51. The van der Waals surface area contributed by atoms with E-state index in [2.05, 4.69) is 10.3 Å². The van der Waals surface area contributed by atoms with Gasteiger partial charge < -0.3 is 10.2 Å². The first kappa shape index (κ1) is 32.3. The molecule has 1 saturated heterocycles. The van der Waals surface area contributed by atoms with E-state index < -0.39 is 16.1 Å². The van der Waals surface area contributed by atoms with Crippen molar-refractivity contribution < 1.29 is 18.0 Å². The van der Waals surface area contributed by atoms with E-state index in [1.165, 1.54) is 4.31 Å². The molecule has 2 heterocycles. The molecule has 2 amide bonds. The SMILES string of the molecule is O=C(NCc1cccnc1)[C@H](Cc1ccccc1)N(Cc1ccc(Cl)cc1)C(=O)CCc1ccc(S(=O)(=O)N2CCCC2)cc1. The zero-order valence-electron chi connectivity index (χ0n) is 25.0. The minimum absolute atomic E-state index is 0.146. The Balaban J connectivity index is 1.36. The van der Waals surface area contributed by atoms with Crippen LogP contribution < -0.4 is 5.32 Å². The van der Waals surface area contributed by atoms with E-state index in [0.717, 1.165) is 35.1 Å². The summed E-state index contributed by atoms with van der Waals surface area (Å²) in [4.78, 5) is 33.9. The quantitative estimate of drug-likeness (QED) is 0.210. The maximum absolute atomic E-state index is 14.0. The van der Waals surface area contributed by atoms with Crippen LogP contribution in [0.25, 0.3) is 0 Å². The molecule has 1 aliphatic heterocycles. The number of nitrogens with zero attached hydrogens (tertiary/aromatic N) is 3. The number of pyridine rings is 1. The molecule has 0 radical (unpaired) electrons. The molecule has 1 N–H and O–H groups in total. The first-order chi connectivity index (χ1) is 21.8. The molecule has 0 unspecified atom stereocenters. The summed E-state index contributed by atoms with van der Waals surface area (Å²) in [6.45, 7) is 1.60. The number of hydrogen-bond donors (Lipinski definition) is 1. The van der Waals surface area contributed by atoms with E-state index in [0.29, 0.717) is 31.0 Å². The van der Waals surface area contributed by atoms with Crippen LogP contribution in [-0.2, 0) is 45.5 Å². The molecule has 1 atom stereocenters. The van der Waals surface area contributed by atoms with E-state index in [4.69, 9.17) is 11.6 Å². The predicted octanol–water partition coefficient (Wildman–Crippen LogP) is 5.41. The number of aryl methyl sites for hydroxylation is 1. The second-order valence-corrected chi connectivity index (χ2v) is 13.6. The van der Waals surface area contributed by atoms with Crippen molar-refractivity contribution in [2.24, 2.45) is 0 Å². The van der Waals surface area contributed by atoms with Gasteiger partial charge in [0, 0.05) is 56.4 Å². The summed E-state index contributed by atoms with van der Waals surface area (Å²) < 4.78 is 27.4. The summed E-state index contributed by atoms with van der Waals surface area (Å²) in [6.07, 6.45) is 6.00. The summed E-state index contributed by atoms with van der Waals surface area (Å²) in [6, 6.07) is 26.6. The monoisotopic (exact) mass is 644 g/mol. The highest BCUT2D eigenvalue weighted by Gasteiger charge is 2.31. The molecule has 3 aromatic carbocycles. The Bertz CT molecular complexity index is 1660. The molecule has 10 heteroatoms. The van der Waals surface area contributed by atoms with Crippen molar-refractivity contribution in [3.05, 3.63) is 131 Å². The number of aromatic nitrogens is 1. The van der Waals surface area contributed by atoms with Crippen molar-refractivity contribution in [1.29, 1.82) is 0 Å². The molecular formula is C35H37ClN4O4S. The largest absolute Gasteiger partial charge is 0.350 e. The first-order valence-corrected chi connectivity index (χ1v) is 16.9. The van der Waals surface area contributed by atoms with Crippen LogP contribution in [0.3, 0.4) is 0 Å². The third kappa shape index (κ3) is 8.78. The molecule has 1 fully saturated rings. The highest BCUT2D eigenvalue weighted by molar-refractivity contribution is 7.89. The van der Waals surface area contributed by atoms with Crippen LogP contribution in [0.4, 0.5) is 0 Å². The van der Waals surface area contributed by atoms with Crippen LogP contribution >= 0.6 is 11.6 Å². The standard InChI is InChI=1S/C35H37ClN4O4S/c36-31-15-10-29(11-16-31)26-40(33(23-28-7-2-1-3-8-28)35(42)38-25-30-9-6-20-37-24-30)34(41)19-14-27-12-17-32(18-13-27)45(43,44)39-21-4-5-22-39/h1-3,6-13,15-18,20,24,33H,4-5,14,19,21-23,25-26H2,(H,38,42)/t33-/m0/s1. The smallest absolute Gasteiger partial charge is 0.243 e. The lowest BCUT2D eigenvalue weighted by molar-refractivity contribution is -0.141. The Morgan fingerprint density at radius 3 is 2.18 bits per heavy atom. The molecule has 0 aliphatic carbocycles. The van der Waals surface area contributed by atoms with Crippen LogP contribution in [0, 0.1) is 0 Å². The average Bonchev–Trinajstić information content (AvgIpc) is 3.63. The molecule has 45 heavy (non-hydrogen) atoms. The highest BCUT2D eigenvalue weighted by atomic mass is 35.5. The maximum Gasteiger partial charge on any atom is 0.243 e. The molecule has 1 aliphatic rings. The van der Waals surface area contributed by atoms with Crippen LogP contribution in [0.1, 0.15) is 41.5 Å². The number of hydrogen-bond acceptors (Lipinski definition) is 5. The van der Waals surface area contributed by atoms with Gasteiger partial charge in [0.05, 0.1) is 4.90 Å². The summed E-state index contributed by atoms with van der Waals surface area (Å²) in [5.41, 5.74) is 3.48. The van der Waals surface area contributed by atoms with E-state index in [-0.39, 0.29) is 36.2 Å². The van der Waals surface area contributed by atoms with Crippen molar-refractivity contribution in [2.45, 2.75) is 56.1 Å². The van der Waals surface area contributed by atoms with Gasteiger partial charge in [-0.1, -0.05) is 72.3 Å². The predicted molar refractivity (Wildman–Crippen MR) is 175 cm³/mol. The number of sulfonamides is 1. The number of halogens is 1. The Hall–Kier alpha value is -4.05. The van der Waals surface area contributed by atoms with Gasteiger partial charge in [0.15, 0.2) is 0 Å². The van der Waals surface area contributed by atoms with Crippen LogP contribution in [-0.4, -0.2) is 53.6 Å². The molecule has 8 nitrogen and oxygen atoms in total. The fourth-order valence-corrected chi connectivity index (χ4v) is 7.09. The summed E-state index contributed by atoms with van der Waals surface area (Å²) in [5.74, 6) is -0.447. The van der Waals surface area contributed by atoms with E-state index >= 15 is 0 Å². The van der Waals surface area contributed by atoms with Crippen molar-refractivity contribution in [1.82, 2.24) is 19.5 Å². The normalized spacial score (nSPS) is 14.2. The zero-order chi connectivity index (χ0) is 31.6. The fourth-order valence-electron chi connectivity index (χ4n) is 5.45. The molecule has 0 bridgehead atoms. The number of carbonyl (C=O) groups excluding carboxylic acids is 2. The van der Waals surface area contributed by atoms with Gasteiger partial charge in [0.25, 0.3) is 0 Å². The molecular weight excluding hydrogens is 608 g/mol. The lowest BCUT2D eigenvalue weighted by Gasteiger charge is -2.32. The third-order valence-corrected chi connectivity index (χ3v) is 10.1. The molecule has 0 saturated carbocycles. The van der Waals surface area contributed by atoms with Gasteiger partial charge in [-0.25, -0.2) is 8.42 Å². The van der Waals surface area contributed by atoms with E-state index in [1.807, 2.05) is 54.6 Å². The second-order valence-electron chi connectivity index (χ2n) is 11.2. The Morgan fingerprint density at radius 2 is 1.51 bits per heavy atom. The number of rotatable bonds is 13. The zero-order valence-corrected chi connectivity index (χ0v) is 26.6. The van der Waals surface area contributed by atoms with E-state index in [1.54, 1.807) is 53.7 Å². The topological polar surface area (TPSA) is 99.7 Å². The lowest BCUT2D eigenvalue weighted by atomic mass is 10.0. The van der Waals surface area contributed by atoms with Gasteiger partial charge >= 0.3 is 0 Å². The molecule has 4 aromatic rings. The van der Waals surface area contributed by atoms with Crippen LogP contribution in [0.2, 0.25) is 5.02 Å². The Kier molecular flexibility index (Phi) is 11.0. The molecule has 1 aromatic heterocycles.